The van der Waals surface area contributed by atoms with Gasteiger partial charge in [-0.1, -0.05) is 29.8 Å². The Bertz CT molecular complexity index is 911. The number of pyridine rings is 1. The SMILES string of the molecule is O=C(Nc1ccc(NCCc2ccc(F)cc2)cn1)c1c(F)cccc1Cl. The van der Waals surface area contributed by atoms with Crippen LogP contribution in [0.3, 0.4) is 0 Å². The largest absolute Gasteiger partial charge is 0.383 e. The van der Waals surface area contributed by atoms with Crippen molar-refractivity contribution >= 4 is 29.0 Å². The minimum atomic E-state index is -0.695. The lowest BCUT2D eigenvalue weighted by atomic mass is 10.1. The van der Waals surface area contributed by atoms with Crippen LogP contribution in [0.15, 0.2) is 60.8 Å². The van der Waals surface area contributed by atoms with Gasteiger partial charge in [-0.2, -0.15) is 0 Å². The molecule has 0 atom stereocenters. The Morgan fingerprint density at radius 3 is 2.48 bits per heavy atom. The van der Waals surface area contributed by atoms with Crippen molar-refractivity contribution in [2.24, 2.45) is 0 Å². The predicted molar refractivity (Wildman–Crippen MR) is 102 cm³/mol. The second-order valence-electron chi connectivity index (χ2n) is 5.79. The van der Waals surface area contributed by atoms with Crippen molar-refractivity contribution in [3.05, 3.63) is 88.6 Å². The molecule has 1 heterocycles. The number of nitrogens with zero attached hydrogens (tertiary/aromatic N) is 1. The molecule has 3 aromatic rings. The summed E-state index contributed by atoms with van der Waals surface area (Å²) in [6.07, 6.45) is 2.29. The molecule has 0 aliphatic rings. The van der Waals surface area contributed by atoms with Crippen LogP contribution in [-0.4, -0.2) is 17.4 Å². The summed E-state index contributed by atoms with van der Waals surface area (Å²) >= 11 is 5.88. The Morgan fingerprint density at radius 1 is 1.04 bits per heavy atom. The number of hydrogen-bond donors (Lipinski definition) is 2. The van der Waals surface area contributed by atoms with Crippen LogP contribution in [0.2, 0.25) is 5.02 Å². The summed E-state index contributed by atoms with van der Waals surface area (Å²) in [5.41, 5.74) is 1.56. The molecule has 0 saturated carbocycles. The molecule has 0 unspecified atom stereocenters. The van der Waals surface area contributed by atoms with Crippen molar-refractivity contribution in [2.75, 3.05) is 17.2 Å². The summed E-state index contributed by atoms with van der Waals surface area (Å²) in [6, 6.07) is 13.7. The first-order valence-electron chi connectivity index (χ1n) is 8.22. The number of benzene rings is 2. The highest BCUT2D eigenvalue weighted by molar-refractivity contribution is 6.34. The van der Waals surface area contributed by atoms with Gasteiger partial charge in [0.25, 0.3) is 5.91 Å². The summed E-state index contributed by atoms with van der Waals surface area (Å²) < 4.78 is 26.6. The monoisotopic (exact) mass is 387 g/mol. The van der Waals surface area contributed by atoms with Gasteiger partial charge < -0.3 is 10.6 Å². The highest BCUT2D eigenvalue weighted by Gasteiger charge is 2.16. The maximum absolute atomic E-state index is 13.8. The second-order valence-corrected chi connectivity index (χ2v) is 6.19. The summed E-state index contributed by atoms with van der Waals surface area (Å²) in [6.45, 7) is 0.643. The Morgan fingerprint density at radius 2 is 1.81 bits per heavy atom. The van der Waals surface area contributed by atoms with Gasteiger partial charge in [0.15, 0.2) is 0 Å². The van der Waals surface area contributed by atoms with Crippen LogP contribution in [0.4, 0.5) is 20.3 Å². The first-order chi connectivity index (χ1) is 13.0. The van der Waals surface area contributed by atoms with Crippen molar-refractivity contribution in [1.82, 2.24) is 4.98 Å². The fraction of sp³-hybridized carbons (Fsp3) is 0.100. The van der Waals surface area contributed by atoms with Crippen LogP contribution in [-0.2, 0) is 6.42 Å². The molecule has 2 N–H and O–H groups in total. The van der Waals surface area contributed by atoms with Crippen LogP contribution in [0.1, 0.15) is 15.9 Å². The topological polar surface area (TPSA) is 54.0 Å². The molecule has 7 heteroatoms. The van der Waals surface area contributed by atoms with Gasteiger partial charge >= 0.3 is 0 Å². The van der Waals surface area contributed by atoms with Gasteiger partial charge in [-0.05, 0) is 48.4 Å². The molecule has 0 saturated heterocycles. The average molecular weight is 388 g/mol. The van der Waals surface area contributed by atoms with E-state index in [0.29, 0.717) is 6.54 Å². The molecule has 4 nitrogen and oxygen atoms in total. The number of carbonyl (C=O) groups excluding carboxylic acids is 1. The number of carbonyl (C=O) groups is 1. The molecular weight excluding hydrogens is 372 g/mol. The van der Waals surface area contributed by atoms with Gasteiger partial charge in [0.1, 0.15) is 17.5 Å². The summed E-state index contributed by atoms with van der Waals surface area (Å²) in [4.78, 5) is 16.3. The van der Waals surface area contributed by atoms with Crippen molar-refractivity contribution in [3.8, 4) is 0 Å². The highest BCUT2D eigenvalue weighted by atomic mass is 35.5. The fourth-order valence-electron chi connectivity index (χ4n) is 2.47. The summed E-state index contributed by atoms with van der Waals surface area (Å²) in [5, 5.41) is 5.74. The molecule has 0 fully saturated rings. The minimum Gasteiger partial charge on any atom is -0.383 e. The van der Waals surface area contributed by atoms with Gasteiger partial charge in [0, 0.05) is 6.54 Å². The first-order valence-corrected chi connectivity index (χ1v) is 8.60. The lowest BCUT2D eigenvalue weighted by Gasteiger charge is -2.09. The Balaban J connectivity index is 1.55. The summed E-state index contributed by atoms with van der Waals surface area (Å²) in [7, 11) is 0. The zero-order valence-corrected chi connectivity index (χ0v) is 14.9. The number of halogens is 3. The van der Waals surface area contributed by atoms with E-state index in [9.17, 15) is 13.6 Å². The van der Waals surface area contributed by atoms with Crippen LogP contribution < -0.4 is 10.6 Å². The number of aromatic nitrogens is 1. The number of hydrogen-bond acceptors (Lipinski definition) is 3. The van der Waals surface area contributed by atoms with E-state index in [2.05, 4.69) is 15.6 Å². The molecule has 0 aliphatic carbocycles. The first kappa shape index (κ1) is 18.8. The third-order valence-corrected chi connectivity index (χ3v) is 4.17. The van der Waals surface area contributed by atoms with Crippen LogP contribution in [0, 0.1) is 11.6 Å². The quantitative estimate of drug-likeness (QED) is 0.631. The van der Waals surface area contributed by atoms with E-state index in [-0.39, 0.29) is 22.2 Å². The van der Waals surface area contributed by atoms with Gasteiger partial charge in [0.05, 0.1) is 22.5 Å². The van der Waals surface area contributed by atoms with Crippen LogP contribution in [0.5, 0.6) is 0 Å². The van der Waals surface area contributed by atoms with Crippen molar-refractivity contribution in [1.29, 1.82) is 0 Å². The molecular formula is C20H16ClF2N3O. The van der Waals surface area contributed by atoms with E-state index in [0.717, 1.165) is 17.7 Å². The van der Waals surface area contributed by atoms with Crippen molar-refractivity contribution in [3.63, 3.8) is 0 Å². The van der Waals surface area contributed by atoms with Gasteiger partial charge in [0.2, 0.25) is 0 Å². The number of nitrogens with one attached hydrogen (secondary N) is 2. The molecule has 0 bridgehead atoms. The minimum absolute atomic E-state index is 0.0339. The summed E-state index contributed by atoms with van der Waals surface area (Å²) in [5.74, 6) is -1.34. The van der Waals surface area contributed by atoms with Crippen molar-refractivity contribution < 1.29 is 13.6 Å². The van der Waals surface area contributed by atoms with Crippen LogP contribution >= 0.6 is 11.6 Å². The molecule has 1 amide bonds. The van der Waals surface area contributed by atoms with E-state index in [4.69, 9.17) is 11.6 Å². The zero-order valence-electron chi connectivity index (χ0n) is 14.2. The van der Waals surface area contributed by atoms with E-state index < -0.39 is 11.7 Å². The van der Waals surface area contributed by atoms with Gasteiger partial charge in [-0.15, -0.1) is 0 Å². The molecule has 3 rings (SSSR count). The number of anilines is 2. The van der Waals surface area contributed by atoms with E-state index in [1.54, 1.807) is 30.5 Å². The van der Waals surface area contributed by atoms with E-state index in [1.165, 1.54) is 30.3 Å². The molecule has 27 heavy (non-hydrogen) atoms. The molecule has 0 aliphatic heterocycles. The van der Waals surface area contributed by atoms with Crippen molar-refractivity contribution in [2.45, 2.75) is 6.42 Å². The third kappa shape index (κ3) is 5.01. The van der Waals surface area contributed by atoms with Crippen LogP contribution in [0.25, 0.3) is 0 Å². The molecule has 0 spiro atoms. The van der Waals surface area contributed by atoms with Gasteiger partial charge in [-0.3, -0.25) is 4.79 Å². The number of amides is 1. The lowest BCUT2D eigenvalue weighted by molar-refractivity contribution is 0.102. The molecule has 1 aromatic heterocycles. The van der Waals surface area contributed by atoms with E-state index >= 15 is 0 Å². The fourth-order valence-corrected chi connectivity index (χ4v) is 2.72. The molecule has 2 aromatic carbocycles. The number of rotatable bonds is 6. The maximum atomic E-state index is 13.8. The Kier molecular flexibility index (Phi) is 5.98. The molecule has 138 valence electrons. The second kappa shape index (κ2) is 8.60. The lowest BCUT2D eigenvalue weighted by Crippen LogP contribution is -2.15. The normalized spacial score (nSPS) is 10.5. The Hall–Kier alpha value is -2.99. The van der Waals surface area contributed by atoms with Gasteiger partial charge in [-0.25, -0.2) is 13.8 Å². The molecule has 0 radical (unpaired) electrons. The maximum Gasteiger partial charge on any atom is 0.261 e. The Labute approximate surface area is 160 Å². The zero-order chi connectivity index (χ0) is 19.2. The smallest absolute Gasteiger partial charge is 0.261 e. The highest BCUT2D eigenvalue weighted by Crippen LogP contribution is 2.20. The average Bonchev–Trinajstić information content (AvgIpc) is 2.65. The van der Waals surface area contributed by atoms with E-state index in [1.807, 2.05) is 0 Å². The third-order valence-electron chi connectivity index (χ3n) is 3.85. The standard InChI is InChI=1S/C20H16ClF2N3O/c21-16-2-1-3-17(23)19(16)20(27)26-18-9-8-15(12-25-18)24-11-10-13-4-6-14(22)7-5-13/h1-9,12,24H,10-11H2,(H,25,26,27). The predicted octanol–water partition coefficient (Wildman–Crippen LogP) is 4.92.